The number of nitrogens with zero attached hydrogens (tertiary/aromatic N) is 2. The summed E-state index contributed by atoms with van der Waals surface area (Å²) in [5.74, 6) is 0. The molecule has 1 rings (SSSR count). The molecule has 0 aliphatic heterocycles. The Kier molecular flexibility index (Phi) is 3.31. The second-order valence-corrected chi connectivity index (χ2v) is 2.72. The first kappa shape index (κ1) is 9.29. The summed E-state index contributed by atoms with van der Waals surface area (Å²) in [4.78, 5) is 7.53. The highest BCUT2D eigenvalue weighted by atomic mass is 35.5. The van der Waals surface area contributed by atoms with Crippen molar-refractivity contribution in [2.75, 3.05) is 11.9 Å². The summed E-state index contributed by atoms with van der Waals surface area (Å²) in [6.45, 7) is 4.12. The highest BCUT2D eigenvalue weighted by Gasteiger charge is 2.05. The maximum Gasteiger partial charge on any atom is 0.157 e. The van der Waals surface area contributed by atoms with E-state index in [1.54, 1.807) is 6.08 Å². The third kappa shape index (κ3) is 2.09. The van der Waals surface area contributed by atoms with Gasteiger partial charge in [-0.1, -0.05) is 29.3 Å². The van der Waals surface area contributed by atoms with E-state index in [4.69, 9.17) is 23.2 Å². The Balaban J connectivity index is 2.88. The molecule has 1 heterocycles. The molecule has 0 bridgehead atoms. The van der Waals surface area contributed by atoms with Crippen LogP contribution in [-0.4, -0.2) is 16.5 Å². The van der Waals surface area contributed by atoms with E-state index in [1.165, 1.54) is 6.33 Å². The first-order valence-electron chi connectivity index (χ1n) is 3.26. The van der Waals surface area contributed by atoms with Gasteiger partial charge in [-0.25, -0.2) is 9.97 Å². The van der Waals surface area contributed by atoms with Gasteiger partial charge in [0.15, 0.2) is 10.3 Å². The average Bonchev–Trinajstić information content (AvgIpc) is 2.04. The van der Waals surface area contributed by atoms with Gasteiger partial charge in [0, 0.05) is 6.54 Å². The molecule has 0 spiro atoms. The van der Waals surface area contributed by atoms with Crippen LogP contribution in [0.4, 0.5) is 5.69 Å². The number of hydrogen-bond acceptors (Lipinski definition) is 3. The van der Waals surface area contributed by atoms with Gasteiger partial charge in [-0.2, -0.15) is 0 Å². The van der Waals surface area contributed by atoms with Crippen LogP contribution in [0.25, 0.3) is 0 Å². The summed E-state index contributed by atoms with van der Waals surface area (Å²) < 4.78 is 0. The average molecular weight is 204 g/mol. The van der Waals surface area contributed by atoms with Crippen molar-refractivity contribution in [3.63, 3.8) is 0 Å². The SMILES string of the molecule is C=CCNc1c(Cl)ncnc1Cl. The summed E-state index contributed by atoms with van der Waals surface area (Å²) in [5.41, 5.74) is 0.542. The van der Waals surface area contributed by atoms with E-state index in [9.17, 15) is 0 Å². The summed E-state index contributed by atoms with van der Waals surface area (Å²) in [7, 11) is 0. The first-order valence-corrected chi connectivity index (χ1v) is 4.02. The maximum absolute atomic E-state index is 5.73. The van der Waals surface area contributed by atoms with Gasteiger partial charge < -0.3 is 5.32 Å². The topological polar surface area (TPSA) is 37.8 Å². The zero-order valence-electron chi connectivity index (χ0n) is 6.22. The van der Waals surface area contributed by atoms with Crippen LogP contribution in [0.15, 0.2) is 19.0 Å². The third-order valence-electron chi connectivity index (χ3n) is 1.18. The maximum atomic E-state index is 5.73. The van der Waals surface area contributed by atoms with E-state index in [-0.39, 0.29) is 0 Å². The van der Waals surface area contributed by atoms with Crippen LogP contribution in [0.3, 0.4) is 0 Å². The zero-order valence-corrected chi connectivity index (χ0v) is 7.73. The molecule has 0 atom stereocenters. The van der Waals surface area contributed by atoms with Gasteiger partial charge in [-0.15, -0.1) is 6.58 Å². The lowest BCUT2D eigenvalue weighted by Crippen LogP contribution is -2.01. The second kappa shape index (κ2) is 4.28. The smallest absolute Gasteiger partial charge is 0.157 e. The van der Waals surface area contributed by atoms with Crippen LogP contribution in [0, 0.1) is 0 Å². The third-order valence-corrected chi connectivity index (χ3v) is 1.75. The summed E-state index contributed by atoms with van der Waals surface area (Å²) >= 11 is 11.5. The predicted octanol–water partition coefficient (Wildman–Crippen LogP) is 2.38. The Morgan fingerprint density at radius 1 is 1.42 bits per heavy atom. The predicted molar refractivity (Wildman–Crippen MR) is 50.7 cm³/mol. The van der Waals surface area contributed by atoms with E-state index in [2.05, 4.69) is 21.9 Å². The number of rotatable bonds is 3. The van der Waals surface area contributed by atoms with Crippen LogP contribution in [0.2, 0.25) is 10.3 Å². The van der Waals surface area contributed by atoms with E-state index in [0.29, 0.717) is 22.5 Å². The van der Waals surface area contributed by atoms with E-state index < -0.39 is 0 Å². The molecule has 5 heteroatoms. The lowest BCUT2D eigenvalue weighted by molar-refractivity contribution is 1.15. The Morgan fingerprint density at radius 2 is 2.00 bits per heavy atom. The lowest BCUT2D eigenvalue weighted by atomic mass is 10.5. The van der Waals surface area contributed by atoms with Crippen molar-refractivity contribution in [1.29, 1.82) is 0 Å². The van der Waals surface area contributed by atoms with Gasteiger partial charge in [0.2, 0.25) is 0 Å². The molecule has 12 heavy (non-hydrogen) atoms. The Labute approximate surface area is 80.4 Å². The van der Waals surface area contributed by atoms with Crippen LogP contribution < -0.4 is 5.32 Å². The number of aromatic nitrogens is 2. The molecular formula is C7H7Cl2N3. The summed E-state index contributed by atoms with van der Waals surface area (Å²) in [6.07, 6.45) is 3.00. The molecule has 0 saturated heterocycles. The quantitative estimate of drug-likeness (QED) is 0.606. The molecule has 0 radical (unpaired) electrons. The lowest BCUT2D eigenvalue weighted by Gasteiger charge is -2.05. The minimum absolute atomic E-state index is 0.317. The Bertz CT molecular complexity index is 268. The van der Waals surface area contributed by atoms with Gasteiger partial charge >= 0.3 is 0 Å². The van der Waals surface area contributed by atoms with Crippen molar-refractivity contribution < 1.29 is 0 Å². The Morgan fingerprint density at radius 3 is 2.50 bits per heavy atom. The summed E-state index contributed by atoms with van der Waals surface area (Å²) in [5, 5.41) is 3.56. The second-order valence-electron chi connectivity index (χ2n) is 2.00. The van der Waals surface area contributed by atoms with E-state index in [1.807, 2.05) is 0 Å². The molecule has 3 nitrogen and oxygen atoms in total. The first-order chi connectivity index (χ1) is 5.75. The van der Waals surface area contributed by atoms with Crippen LogP contribution in [-0.2, 0) is 0 Å². The standard InChI is InChI=1S/C7H7Cl2N3/c1-2-3-10-5-6(8)11-4-12-7(5)9/h2,4,10H,1,3H2. The van der Waals surface area contributed by atoms with Crippen LogP contribution >= 0.6 is 23.2 Å². The molecular weight excluding hydrogens is 197 g/mol. The molecule has 1 aromatic heterocycles. The molecule has 0 aliphatic rings. The largest absolute Gasteiger partial charge is 0.377 e. The van der Waals surface area contributed by atoms with Gasteiger partial charge in [0.1, 0.15) is 12.0 Å². The van der Waals surface area contributed by atoms with Crippen molar-refractivity contribution in [1.82, 2.24) is 9.97 Å². The highest BCUT2D eigenvalue weighted by Crippen LogP contribution is 2.25. The van der Waals surface area contributed by atoms with Gasteiger partial charge in [-0.3, -0.25) is 0 Å². The molecule has 0 amide bonds. The number of halogens is 2. The van der Waals surface area contributed by atoms with E-state index >= 15 is 0 Å². The number of nitrogens with one attached hydrogen (secondary N) is 1. The molecule has 0 unspecified atom stereocenters. The minimum Gasteiger partial charge on any atom is -0.377 e. The molecule has 0 fully saturated rings. The molecule has 0 aromatic carbocycles. The monoisotopic (exact) mass is 203 g/mol. The fourth-order valence-electron chi connectivity index (χ4n) is 0.665. The molecule has 1 aromatic rings. The fourth-order valence-corrected chi connectivity index (χ4v) is 1.11. The van der Waals surface area contributed by atoms with Crippen molar-refractivity contribution >= 4 is 28.9 Å². The normalized spacial score (nSPS) is 9.50. The molecule has 0 aliphatic carbocycles. The summed E-state index contributed by atoms with van der Waals surface area (Å²) in [6, 6.07) is 0. The van der Waals surface area contributed by atoms with Gasteiger partial charge in [0.25, 0.3) is 0 Å². The van der Waals surface area contributed by atoms with Crippen molar-refractivity contribution in [2.45, 2.75) is 0 Å². The molecule has 1 N–H and O–H groups in total. The number of hydrogen-bond donors (Lipinski definition) is 1. The van der Waals surface area contributed by atoms with Gasteiger partial charge in [-0.05, 0) is 0 Å². The molecule has 64 valence electrons. The van der Waals surface area contributed by atoms with Crippen LogP contribution in [0.5, 0.6) is 0 Å². The fraction of sp³-hybridized carbons (Fsp3) is 0.143. The van der Waals surface area contributed by atoms with Crippen molar-refractivity contribution in [3.05, 3.63) is 29.3 Å². The Hall–Kier alpha value is -0.800. The zero-order chi connectivity index (χ0) is 8.97. The minimum atomic E-state index is 0.317. The van der Waals surface area contributed by atoms with Gasteiger partial charge in [0.05, 0.1) is 0 Å². The number of anilines is 1. The van der Waals surface area contributed by atoms with Crippen molar-refractivity contribution in [3.8, 4) is 0 Å². The van der Waals surface area contributed by atoms with Crippen molar-refractivity contribution in [2.24, 2.45) is 0 Å². The van der Waals surface area contributed by atoms with Crippen LogP contribution in [0.1, 0.15) is 0 Å². The van der Waals surface area contributed by atoms with E-state index in [0.717, 1.165) is 0 Å². The highest BCUT2D eigenvalue weighted by molar-refractivity contribution is 6.37. The molecule has 0 saturated carbocycles.